The van der Waals surface area contributed by atoms with Gasteiger partial charge in [0.05, 0.1) is 0 Å². The summed E-state index contributed by atoms with van der Waals surface area (Å²) in [5, 5.41) is 0. The molecule has 0 aliphatic carbocycles. The van der Waals surface area contributed by atoms with Crippen molar-refractivity contribution in [1.82, 2.24) is 0 Å². The van der Waals surface area contributed by atoms with E-state index in [1.165, 1.54) is 5.56 Å². The molecular weight excluding hydrogens is 336 g/mol. The molecule has 0 unspecified atom stereocenters. The zero-order valence-corrected chi connectivity index (χ0v) is 15.1. The quantitative estimate of drug-likeness (QED) is 0.566. The van der Waals surface area contributed by atoms with Crippen LogP contribution in [0.4, 0.5) is 0 Å². The first-order valence-corrected chi connectivity index (χ1v) is 8.77. The molecule has 0 aliphatic rings. The summed E-state index contributed by atoms with van der Waals surface area (Å²) in [5.41, 5.74) is 2.82. The third kappa shape index (κ3) is 3.03. The number of carbonyl (C=O) groups is 1. The van der Waals surface area contributed by atoms with Gasteiger partial charge in [-0.25, -0.2) is 0 Å². The number of benzene rings is 2. The van der Waals surface area contributed by atoms with Crippen molar-refractivity contribution in [3.8, 4) is 0 Å². The molecule has 0 N–H and O–H groups in total. The number of rotatable bonds is 6. The number of hydrogen-bond donors (Lipinski definition) is 0. The summed E-state index contributed by atoms with van der Waals surface area (Å²) in [6, 6.07) is 15.7. The lowest BCUT2D eigenvalue weighted by atomic mass is 9.71. The van der Waals surface area contributed by atoms with Gasteiger partial charge in [-0.3, -0.25) is 4.79 Å². The Morgan fingerprint density at radius 2 is 1.36 bits per heavy atom. The van der Waals surface area contributed by atoms with Gasteiger partial charge in [0.25, 0.3) is 0 Å². The van der Waals surface area contributed by atoms with Gasteiger partial charge >= 0.3 is 0 Å². The van der Waals surface area contributed by atoms with Gasteiger partial charge in [-0.1, -0.05) is 73.1 Å². The van der Waals surface area contributed by atoms with Crippen LogP contribution >= 0.6 is 15.9 Å². The normalized spacial score (nSPS) is 11.5. The van der Waals surface area contributed by atoms with Crippen molar-refractivity contribution in [3.05, 3.63) is 69.7 Å². The van der Waals surface area contributed by atoms with Crippen molar-refractivity contribution in [2.75, 3.05) is 0 Å². The van der Waals surface area contributed by atoms with Crippen LogP contribution in [0.5, 0.6) is 0 Å². The van der Waals surface area contributed by atoms with Crippen molar-refractivity contribution in [1.29, 1.82) is 0 Å². The van der Waals surface area contributed by atoms with Crippen LogP contribution in [0.2, 0.25) is 0 Å². The number of carbonyl (C=O) groups excluding carboxylic acids is 1. The Bertz CT molecular complexity index is 648. The van der Waals surface area contributed by atoms with E-state index in [-0.39, 0.29) is 11.2 Å². The minimum absolute atomic E-state index is 0.0769. The molecule has 0 heterocycles. The van der Waals surface area contributed by atoms with Crippen LogP contribution < -0.4 is 0 Å². The van der Waals surface area contributed by atoms with Gasteiger partial charge in [0, 0.05) is 15.6 Å². The summed E-state index contributed by atoms with van der Waals surface area (Å²) in [5.74, 6) is 0.0998. The molecule has 22 heavy (non-hydrogen) atoms. The van der Waals surface area contributed by atoms with Gasteiger partial charge in [-0.15, -0.1) is 0 Å². The maximum absolute atomic E-state index is 13.1. The fraction of sp³-hybridized carbons (Fsp3) is 0.350. The fourth-order valence-corrected chi connectivity index (χ4v) is 3.72. The average molecular weight is 359 g/mol. The van der Waals surface area contributed by atoms with E-state index in [2.05, 4.69) is 42.8 Å². The standard InChI is InChI=1S/C20H23BrO/c1-4-20(5-2,6-3)17-13-9-7-11-15(17)19(22)16-12-8-10-14-18(16)21/h7-14H,4-6H2,1-3H3. The SMILES string of the molecule is CCC(CC)(CC)c1ccccc1C(=O)c1ccccc1Br. The molecule has 0 fully saturated rings. The lowest BCUT2D eigenvalue weighted by molar-refractivity contribution is 0.103. The Balaban J connectivity index is 2.58. The average Bonchev–Trinajstić information content (AvgIpc) is 2.57. The first kappa shape index (κ1) is 17.0. The maximum Gasteiger partial charge on any atom is 0.194 e. The molecule has 2 heteroatoms. The molecule has 0 bridgehead atoms. The van der Waals surface area contributed by atoms with Gasteiger partial charge in [-0.05, 0) is 42.4 Å². The predicted molar refractivity (Wildman–Crippen MR) is 96.6 cm³/mol. The predicted octanol–water partition coefficient (Wildman–Crippen LogP) is 6.15. The van der Waals surface area contributed by atoms with Crippen molar-refractivity contribution < 1.29 is 4.79 Å². The molecule has 0 aliphatic heterocycles. The van der Waals surface area contributed by atoms with Crippen molar-refractivity contribution in [2.45, 2.75) is 45.4 Å². The second kappa shape index (κ2) is 7.23. The summed E-state index contributed by atoms with van der Waals surface area (Å²) in [6.07, 6.45) is 3.13. The number of hydrogen-bond acceptors (Lipinski definition) is 1. The first-order chi connectivity index (χ1) is 10.6. The minimum atomic E-state index is 0.0769. The highest BCUT2D eigenvalue weighted by Gasteiger charge is 2.30. The van der Waals surface area contributed by atoms with Crippen molar-refractivity contribution >= 4 is 21.7 Å². The van der Waals surface area contributed by atoms with Gasteiger partial charge < -0.3 is 0 Å². The first-order valence-electron chi connectivity index (χ1n) is 7.98. The molecule has 2 rings (SSSR count). The second-order valence-corrected chi connectivity index (χ2v) is 6.55. The summed E-state index contributed by atoms with van der Waals surface area (Å²) < 4.78 is 0.852. The van der Waals surface area contributed by atoms with Crippen LogP contribution in [0.25, 0.3) is 0 Å². The molecule has 2 aromatic carbocycles. The fourth-order valence-electron chi connectivity index (χ4n) is 3.26. The van der Waals surface area contributed by atoms with E-state index in [1.807, 2.05) is 42.5 Å². The summed E-state index contributed by atoms with van der Waals surface area (Å²) in [4.78, 5) is 13.1. The van der Waals surface area contributed by atoms with E-state index in [1.54, 1.807) is 0 Å². The molecular formula is C20H23BrO. The highest BCUT2D eigenvalue weighted by Crippen LogP contribution is 2.38. The molecule has 0 saturated carbocycles. The summed E-state index contributed by atoms with van der Waals surface area (Å²) in [7, 11) is 0. The largest absolute Gasteiger partial charge is 0.289 e. The van der Waals surface area contributed by atoms with E-state index in [4.69, 9.17) is 0 Å². The van der Waals surface area contributed by atoms with E-state index in [0.717, 1.165) is 34.9 Å². The lowest BCUT2D eigenvalue weighted by Crippen LogP contribution is -2.26. The molecule has 0 amide bonds. The van der Waals surface area contributed by atoms with Crippen LogP contribution in [-0.4, -0.2) is 5.78 Å². The molecule has 0 spiro atoms. The van der Waals surface area contributed by atoms with Gasteiger partial charge in [0.15, 0.2) is 5.78 Å². The molecule has 116 valence electrons. The third-order valence-electron chi connectivity index (χ3n) is 4.89. The van der Waals surface area contributed by atoms with Crippen LogP contribution in [0.15, 0.2) is 53.0 Å². The Hall–Kier alpha value is -1.41. The highest BCUT2D eigenvalue weighted by atomic mass is 79.9. The number of ketones is 1. The van der Waals surface area contributed by atoms with Gasteiger partial charge in [0.2, 0.25) is 0 Å². The highest BCUT2D eigenvalue weighted by molar-refractivity contribution is 9.10. The topological polar surface area (TPSA) is 17.1 Å². The van der Waals surface area contributed by atoms with E-state index < -0.39 is 0 Å². The smallest absolute Gasteiger partial charge is 0.194 e. The summed E-state index contributed by atoms with van der Waals surface area (Å²) >= 11 is 3.50. The van der Waals surface area contributed by atoms with Crippen molar-refractivity contribution in [2.24, 2.45) is 0 Å². The zero-order chi connectivity index (χ0) is 16.2. The van der Waals surface area contributed by atoms with Crippen LogP contribution in [-0.2, 0) is 5.41 Å². The molecule has 2 aromatic rings. The monoisotopic (exact) mass is 358 g/mol. The molecule has 0 aromatic heterocycles. The molecule has 1 nitrogen and oxygen atoms in total. The Kier molecular flexibility index (Phi) is 5.57. The van der Waals surface area contributed by atoms with E-state index in [9.17, 15) is 4.79 Å². The second-order valence-electron chi connectivity index (χ2n) is 5.70. The third-order valence-corrected chi connectivity index (χ3v) is 5.58. The number of halogens is 1. The van der Waals surface area contributed by atoms with E-state index in [0.29, 0.717) is 0 Å². The minimum Gasteiger partial charge on any atom is -0.289 e. The zero-order valence-electron chi connectivity index (χ0n) is 13.5. The Labute approximate surface area is 141 Å². The molecule has 0 atom stereocenters. The van der Waals surface area contributed by atoms with Crippen LogP contribution in [0, 0.1) is 0 Å². The van der Waals surface area contributed by atoms with Crippen molar-refractivity contribution in [3.63, 3.8) is 0 Å². The molecule has 0 saturated heterocycles. The Morgan fingerprint density at radius 3 is 1.91 bits per heavy atom. The molecule has 0 radical (unpaired) electrons. The van der Waals surface area contributed by atoms with Gasteiger partial charge in [-0.2, -0.15) is 0 Å². The van der Waals surface area contributed by atoms with E-state index >= 15 is 0 Å². The maximum atomic E-state index is 13.1. The Morgan fingerprint density at radius 1 is 0.864 bits per heavy atom. The van der Waals surface area contributed by atoms with Gasteiger partial charge in [0.1, 0.15) is 0 Å². The van der Waals surface area contributed by atoms with Crippen LogP contribution in [0.3, 0.4) is 0 Å². The lowest BCUT2D eigenvalue weighted by Gasteiger charge is -2.33. The summed E-state index contributed by atoms with van der Waals surface area (Å²) in [6.45, 7) is 6.64. The van der Waals surface area contributed by atoms with Crippen LogP contribution in [0.1, 0.15) is 61.5 Å².